The second kappa shape index (κ2) is 8.20. The summed E-state index contributed by atoms with van der Waals surface area (Å²) in [7, 11) is -3.79. The van der Waals surface area contributed by atoms with Crippen LogP contribution in [0.25, 0.3) is 10.9 Å². The number of para-hydroxylation sites is 1. The van der Waals surface area contributed by atoms with E-state index in [9.17, 15) is 18.0 Å². The quantitative estimate of drug-likeness (QED) is 0.611. The van der Waals surface area contributed by atoms with Crippen LogP contribution in [0.4, 0.5) is 5.69 Å². The number of benzene rings is 2. The first-order chi connectivity index (χ1) is 15.9. The summed E-state index contributed by atoms with van der Waals surface area (Å²) in [6.45, 7) is 2.79. The topological polar surface area (TPSA) is 112 Å². The lowest BCUT2D eigenvalue weighted by molar-refractivity contribution is -0.123. The summed E-state index contributed by atoms with van der Waals surface area (Å²) in [4.78, 5) is 29.9. The lowest BCUT2D eigenvalue weighted by atomic mass is 10.2. The third kappa shape index (κ3) is 3.85. The molecule has 0 bridgehead atoms. The molecule has 1 saturated heterocycles. The van der Waals surface area contributed by atoms with Gasteiger partial charge in [0.1, 0.15) is 11.4 Å². The number of H-pyrrole nitrogens is 1. The fourth-order valence-corrected chi connectivity index (χ4v) is 5.65. The van der Waals surface area contributed by atoms with E-state index in [-0.39, 0.29) is 42.9 Å². The molecule has 1 fully saturated rings. The molecule has 9 nitrogen and oxygen atoms in total. The van der Waals surface area contributed by atoms with E-state index in [2.05, 4.69) is 10.3 Å². The number of fused-ring (bicyclic) bond motifs is 2. The number of sulfonamides is 1. The number of hydrogen-bond acceptors (Lipinski definition) is 5. The Balaban J connectivity index is 1.29. The summed E-state index contributed by atoms with van der Waals surface area (Å²) < 4.78 is 33.4. The second-order valence-corrected chi connectivity index (χ2v) is 10.1. The van der Waals surface area contributed by atoms with Gasteiger partial charge in [0, 0.05) is 37.1 Å². The number of anilines is 1. The number of aromatic nitrogens is 1. The smallest absolute Gasteiger partial charge is 0.270 e. The monoisotopic (exact) mass is 468 g/mol. The maximum absolute atomic E-state index is 13.2. The minimum absolute atomic E-state index is 0.0792. The highest BCUT2D eigenvalue weighted by atomic mass is 32.2. The Morgan fingerprint density at radius 1 is 1.09 bits per heavy atom. The van der Waals surface area contributed by atoms with Crippen molar-refractivity contribution >= 4 is 38.4 Å². The lowest BCUT2D eigenvalue weighted by Gasteiger charge is -2.34. The molecule has 1 aromatic heterocycles. The van der Waals surface area contributed by atoms with Crippen LogP contribution in [0.1, 0.15) is 23.8 Å². The molecule has 33 heavy (non-hydrogen) atoms. The Kier molecular flexibility index (Phi) is 5.34. The second-order valence-electron chi connectivity index (χ2n) is 8.13. The van der Waals surface area contributed by atoms with Crippen molar-refractivity contribution in [2.45, 2.75) is 24.3 Å². The number of nitrogens with zero attached hydrogens (tertiary/aromatic N) is 2. The van der Waals surface area contributed by atoms with Gasteiger partial charge in [-0.2, -0.15) is 4.31 Å². The molecule has 2 N–H and O–H groups in total. The van der Waals surface area contributed by atoms with Gasteiger partial charge >= 0.3 is 0 Å². The van der Waals surface area contributed by atoms with Crippen molar-refractivity contribution in [3.63, 3.8) is 0 Å². The van der Waals surface area contributed by atoms with E-state index in [0.29, 0.717) is 23.6 Å². The van der Waals surface area contributed by atoms with Gasteiger partial charge in [-0.1, -0.05) is 25.1 Å². The predicted octanol–water partition coefficient (Wildman–Crippen LogP) is 2.42. The van der Waals surface area contributed by atoms with Gasteiger partial charge in [0.2, 0.25) is 10.0 Å². The summed E-state index contributed by atoms with van der Waals surface area (Å²) in [6.07, 6.45) is -0.0600. The average Bonchev–Trinajstić information content (AvgIpc) is 3.27. The van der Waals surface area contributed by atoms with Crippen molar-refractivity contribution in [2.75, 3.05) is 31.5 Å². The molecule has 2 amide bonds. The zero-order chi connectivity index (χ0) is 23.2. The molecular weight excluding hydrogens is 444 g/mol. The van der Waals surface area contributed by atoms with Crippen LogP contribution >= 0.6 is 0 Å². The minimum atomic E-state index is -3.79. The third-order valence-electron chi connectivity index (χ3n) is 6.07. The number of rotatable bonds is 4. The van der Waals surface area contributed by atoms with Crippen molar-refractivity contribution in [1.29, 1.82) is 0 Å². The SMILES string of the molecule is CC[C@H]1Oc2ccc(S(=O)(=O)N3CCN(C(=O)c4cc5ccccc5[nH]4)CC3)cc2NC1=O. The molecule has 3 aromatic rings. The number of nitrogens with one attached hydrogen (secondary N) is 2. The molecule has 172 valence electrons. The van der Waals surface area contributed by atoms with E-state index in [1.165, 1.54) is 16.4 Å². The Bertz CT molecular complexity index is 1310. The minimum Gasteiger partial charge on any atom is -0.478 e. The first-order valence-electron chi connectivity index (χ1n) is 10.9. The fourth-order valence-electron chi connectivity index (χ4n) is 4.20. The Labute approximate surface area is 191 Å². The average molecular weight is 469 g/mol. The molecule has 2 aromatic carbocycles. The highest BCUT2D eigenvalue weighted by Gasteiger charge is 2.33. The van der Waals surface area contributed by atoms with Crippen molar-refractivity contribution < 1.29 is 22.7 Å². The summed E-state index contributed by atoms with van der Waals surface area (Å²) in [5, 5.41) is 3.68. The number of aromatic amines is 1. The van der Waals surface area contributed by atoms with E-state index in [0.717, 1.165) is 10.9 Å². The van der Waals surface area contributed by atoms with E-state index in [1.807, 2.05) is 37.3 Å². The molecule has 0 aliphatic carbocycles. The standard InChI is InChI=1S/C23H24N4O5S/c1-2-20-22(28)25-18-14-16(7-8-21(18)32-20)33(30,31)27-11-9-26(10-12-27)23(29)19-13-15-5-3-4-6-17(15)24-19/h3-8,13-14,20,24H,2,9-12H2,1H3,(H,25,28)/t20-/m1/s1. The van der Waals surface area contributed by atoms with Gasteiger partial charge in [0.05, 0.1) is 10.6 Å². The van der Waals surface area contributed by atoms with E-state index >= 15 is 0 Å². The maximum atomic E-state index is 13.2. The fraction of sp³-hybridized carbons (Fsp3) is 0.304. The molecule has 3 heterocycles. The van der Waals surface area contributed by atoms with Crippen LogP contribution in [0, 0.1) is 0 Å². The van der Waals surface area contributed by atoms with Crippen molar-refractivity contribution in [3.05, 3.63) is 54.2 Å². The molecule has 0 saturated carbocycles. The number of ether oxygens (including phenoxy) is 1. The van der Waals surface area contributed by atoms with Gasteiger partial charge in [-0.05, 0) is 36.8 Å². The van der Waals surface area contributed by atoms with E-state index in [4.69, 9.17) is 4.74 Å². The van der Waals surface area contributed by atoms with Crippen LogP contribution in [0.2, 0.25) is 0 Å². The van der Waals surface area contributed by atoms with Crippen molar-refractivity contribution in [1.82, 2.24) is 14.2 Å². The molecule has 0 spiro atoms. The highest BCUT2D eigenvalue weighted by Crippen LogP contribution is 2.33. The number of carbonyl (C=O) groups excluding carboxylic acids is 2. The van der Waals surface area contributed by atoms with Crippen LogP contribution in [0.15, 0.2) is 53.4 Å². The largest absolute Gasteiger partial charge is 0.478 e. The molecule has 10 heteroatoms. The molecule has 0 unspecified atom stereocenters. The van der Waals surface area contributed by atoms with Gasteiger partial charge in [0.25, 0.3) is 11.8 Å². The normalized spacial score (nSPS) is 19.1. The van der Waals surface area contributed by atoms with Crippen LogP contribution in [0.3, 0.4) is 0 Å². The summed E-state index contributed by atoms with van der Waals surface area (Å²) in [5.41, 5.74) is 1.72. The van der Waals surface area contributed by atoms with Crippen LogP contribution in [-0.4, -0.2) is 66.7 Å². The van der Waals surface area contributed by atoms with Gasteiger partial charge in [-0.3, -0.25) is 9.59 Å². The maximum Gasteiger partial charge on any atom is 0.270 e. The summed E-state index contributed by atoms with van der Waals surface area (Å²) in [6, 6.07) is 13.9. The first-order valence-corrected chi connectivity index (χ1v) is 12.3. The van der Waals surface area contributed by atoms with Gasteiger partial charge < -0.3 is 19.9 Å². The molecule has 1 atom stereocenters. The van der Waals surface area contributed by atoms with Crippen LogP contribution < -0.4 is 10.1 Å². The number of amides is 2. The number of hydrogen-bond donors (Lipinski definition) is 2. The van der Waals surface area contributed by atoms with Gasteiger partial charge in [0.15, 0.2) is 6.10 Å². The molecule has 2 aliphatic heterocycles. The van der Waals surface area contributed by atoms with Crippen LogP contribution in [-0.2, 0) is 14.8 Å². The predicted molar refractivity (Wildman–Crippen MR) is 123 cm³/mol. The van der Waals surface area contributed by atoms with E-state index < -0.39 is 16.1 Å². The Morgan fingerprint density at radius 3 is 2.58 bits per heavy atom. The molecular formula is C23H24N4O5S. The summed E-state index contributed by atoms with van der Waals surface area (Å²) in [5.74, 6) is 0.0140. The van der Waals surface area contributed by atoms with E-state index in [1.54, 1.807) is 11.0 Å². The van der Waals surface area contributed by atoms with Crippen molar-refractivity contribution in [2.24, 2.45) is 0 Å². The van der Waals surface area contributed by atoms with Crippen LogP contribution in [0.5, 0.6) is 5.75 Å². The lowest BCUT2D eigenvalue weighted by Crippen LogP contribution is -2.50. The zero-order valence-corrected chi connectivity index (χ0v) is 18.9. The third-order valence-corrected chi connectivity index (χ3v) is 7.96. The zero-order valence-electron chi connectivity index (χ0n) is 18.1. The molecule has 5 rings (SSSR count). The number of carbonyl (C=O) groups is 2. The first kappa shape index (κ1) is 21.5. The van der Waals surface area contributed by atoms with Gasteiger partial charge in [-0.15, -0.1) is 0 Å². The molecule has 2 aliphatic rings. The number of piperazine rings is 1. The highest BCUT2D eigenvalue weighted by molar-refractivity contribution is 7.89. The molecule has 0 radical (unpaired) electrons. The Morgan fingerprint density at radius 2 is 1.85 bits per heavy atom. The van der Waals surface area contributed by atoms with Crippen molar-refractivity contribution in [3.8, 4) is 5.75 Å². The Hall–Kier alpha value is -3.37. The van der Waals surface area contributed by atoms with Gasteiger partial charge in [-0.25, -0.2) is 8.42 Å². The summed E-state index contributed by atoms with van der Waals surface area (Å²) >= 11 is 0.